The molecule has 0 radical (unpaired) electrons. The number of halogens is 3. The second kappa shape index (κ2) is 6.13. The molecule has 2 nitrogen and oxygen atoms in total. The van der Waals surface area contributed by atoms with Crippen LogP contribution in [-0.4, -0.2) is 5.91 Å². The fourth-order valence-corrected chi connectivity index (χ4v) is 2.07. The maximum atomic E-state index is 13.7. The van der Waals surface area contributed by atoms with Crippen molar-refractivity contribution in [3.8, 4) is 0 Å². The molecule has 1 amide bonds. The number of aryl methyl sites for hydroxylation is 1. The Balaban J connectivity index is 2.08. The molecule has 0 saturated carbocycles. The van der Waals surface area contributed by atoms with Crippen LogP contribution < -0.4 is 5.32 Å². The molecule has 0 spiro atoms. The first-order valence-corrected chi connectivity index (χ1v) is 6.75. The summed E-state index contributed by atoms with van der Waals surface area (Å²) in [5.41, 5.74) is 1.11. The van der Waals surface area contributed by atoms with Crippen LogP contribution >= 0.6 is 15.9 Å². The highest BCUT2D eigenvalue weighted by molar-refractivity contribution is 9.10. The van der Waals surface area contributed by atoms with Gasteiger partial charge >= 0.3 is 0 Å². The molecule has 0 unspecified atom stereocenters. The van der Waals surface area contributed by atoms with Crippen molar-refractivity contribution in [2.75, 3.05) is 0 Å². The molecule has 2 rings (SSSR count). The van der Waals surface area contributed by atoms with Crippen molar-refractivity contribution in [3.05, 3.63) is 69.2 Å². The number of nitrogens with one attached hydrogen (secondary N) is 1. The second-order valence-electron chi connectivity index (χ2n) is 4.37. The standard InChI is InChI=1S/C15H12BrF2NO/c1-9-5-6-10(7-13(9)17)8-19-15(20)11-3-2-4-12(16)14(11)18/h2-7H,8H2,1H3,(H,19,20). The molecule has 0 heterocycles. The predicted molar refractivity (Wildman–Crippen MR) is 76.4 cm³/mol. The highest BCUT2D eigenvalue weighted by Gasteiger charge is 2.13. The van der Waals surface area contributed by atoms with Crippen LogP contribution in [0.1, 0.15) is 21.5 Å². The van der Waals surface area contributed by atoms with E-state index in [9.17, 15) is 13.6 Å². The van der Waals surface area contributed by atoms with E-state index in [0.29, 0.717) is 11.1 Å². The number of benzene rings is 2. The van der Waals surface area contributed by atoms with Crippen molar-refractivity contribution in [1.29, 1.82) is 0 Å². The second-order valence-corrected chi connectivity index (χ2v) is 5.22. The Labute approximate surface area is 123 Å². The van der Waals surface area contributed by atoms with E-state index in [2.05, 4.69) is 21.2 Å². The zero-order valence-electron chi connectivity index (χ0n) is 10.7. The summed E-state index contributed by atoms with van der Waals surface area (Å²) in [6, 6.07) is 9.19. The summed E-state index contributed by atoms with van der Waals surface area (Å²) in [4.78, 5) is 11.9. The van der Waals surface area contributed by atoms with Crippen LogP contribution in [0.3, 0.4) is 0 Å². The molecule has 0 aromatic heterocycles. The van der Waals surface area contributed by atoms with Crippen LogP contribution in [-0.2, 0) is 6.54 Å². The average Bonchev–Trinajstić information content (AvgIpc) is 2.43. The van der Waals surface area contributed by atoms with Gasteiger partial charge in [0.15, 0.2) is 0 Å². The molecular weight excluding hydrogens is 328 g/mol. The summed E-state index contributed by atoms with van der Waals surface area (Å²) in [6.45, 7) is 1.80. The van der Waals surface area contributed by atoms with Gasteiger partial charge in [-0.25, -0.2) is 8.78 Å². The monoisotopic (exact) mass is 339 g/mol. The Morgan fingerprint density at radius 2 is 2.00 bits per heavy atom. The van der Waals surface area contributed by atoms with Gasteiger partial charge in [0.25, 0.3) is 5.91 Å². The maximum Gasteiger partial charge on any atom is 0.254 e. The molecule has 2 aromatic carbocycles. The molecule has 104 valence electrons. The molecule has 5 heteroatoms. The summed E-state index contributed by atoms with van der Waals surface area (Å²) in [5, 5.41) is 2.56. The molecule has 20 heavy (non-hydrogen) atoms. The van der Waals surface area contributed by atoms with Crippen molar-refractivity contribution in [1.82, 2.24) is 5.32 Å². The third-order valence-electron chi connectivity index (χ3n) is 2.89. The smallest absolute Gasteiger partial charge is 0.254 e. The topological polar surface area (TPSA) is 29.1 Å². The zero-order chi connectivity index (χ0) is 14.7. The molecule has 0 saturated heterocycles. The van der Waals surface area contributed by atoms with Crippen molar-refractivity contribution >= 4 is 21.8 Å². The third-order valence-corrected chi connectivity index (χ3v) is 3.50. The van der Waals surface area contributed by atoms with Gasteiger partial charge in [-0.1, -0.05) is 18.2 Å². The number of hydrogen-bond donors (Lipinski definition) is 1. The summed E-state index contributed by atoms with van der Waals surface area (Å²) in [7, 11) is 0. The van der Waals surface area contributed by atoms with Crippen molar-refractivity contribution in [2.24, 2.45) is 0 Å². The van der Waals surface area contributed by atoms with E-state index in [4.69, 9.17) is 0 Å². The highest BCUT2D eigenvalue weighted by atomic mass is 79.9. The van der Waals surface area contributed by atoms with Crippen LogP contribution in [0, 0.1) is 18.6 Å². The van der Waals surface area contributed by atoms with E-state index < -0.39 is 11.7 Å². The van der Waals surface area contributed by atoms with E-state index in [1.54, 1.807) is 25.1 Å². The number of rotatable bonds is 3. The minimum absolute atomic E-state index is 0.0491. The van der Waals surface area contributed by atoms with E-state index in [0.717, 1.165) is 0 Å². The molecule has 0 aliphatic carbocycles. The number of amides is 1. The molecule has 1 N–H and O–H groups in total. The van der Waals surface area contributed by atoms with Gasteiger partial charge in [0, 0.05) is 6.54 Å². The van der Waals surface area contributed by atoms with Gasteiger partial charge in [-0.3, -0.25) is 4.79 Å². The van der Waals surface area contributed by atoms with E-state index in [1.165, 1.54) is 18.2 Å². The Kier molecular flexibility index (Phi) is 4.49. The first kappa shape index (κ1) is 14.7. The fraction of sp³-hybridized carbons (Fsp3) is 0.133. The lowest BCUT2D eigenvalue weighted by atomic mass is 10.1. The number of carbonyl (C=O) groups is 1. The summed E-state index contributed by atoms with van der Waals surface area (Å²) in [5.74, 6) is -1.48. The van der Waals surface area contributed by atoms with Crippen molar-refractivity contribution < 1.29 is 13.6 Å². The Hall–Kier alpha value is -1.75. The first-order chi connectivity index (χ1) is 9.49. The number of hydrogen-bond acceptors (Lipinski definition) is 1. The van der Waals surface area contributed by atoms with E-state index >= 15 is 0 Å². The third kappa shape index (κ3) is 3.22. The molecule has 0 atom stereocenters. The lowest BCUT2D eigenvalue weighted by Crippen LogP contribution is -2.24. The lowest BCUT2D eigenvalue weighted by molar-refractivity contribution is 0.0946. The van der Waals surface area contributed by atoms with Crippen molar-refractivity contribution in [2.45, 2.75) is 13.5 Å². The molecule has 0 aliphatic heterocycles. The van der Waals surface area contributed by atoms with Crippen LogP contribution in [0.5, 0.6) is 0 Å². The van der Waals surface area contributed by atoms with Crippen LogP contribution in [0.4, 0.5) is 8.78 Å². The fourth-order valence-electron chi connectivity index (χ4n) is 1.70. The van der Waals surface area contributed by atoms with Gasteiger partial charge in [0.1, 0.15) is 11.6 Å². The predicted octanol–water partition coefficient (Wildman–Crippen LogP) is 3.97. The molecule has 0 aliphatic rings. The minimum atomic E-state index is -0.611. The molecular formula is C15H12BrF2NO. The SMILES string of the molecule is Cc1ccc(CNC(=O)c2cccc(Br)c2F)cc1F. The maximum absolute atomic E-state index is 13.7. The van der Waals surface area contributed by atoms with E-state index in [1.807, 2.05) is 0 Å². The van der Waals surface area contributed by atoms with Gasteiger partial charge in [-0.2, -0.15) is 0 Å². The molecule has 2 aromatic rings. The average molecular weight is 340 g/mol. The highest BCUT2D eigenvalue weighted by Crippen LogP contribution is 2.18. The van der Waals surface area contributed by atoms with Gasteiger partial charge in [-0.15, -0.1) is 0 Å². The summed E-state index contributed by atoms with van der Waals surface area (Å²) in [6.07, 6.45) is 0. The zero-order valence-corrected chi connectivity index (χ0v) is 12.3. The van der Waals surface area contributed by atoms with Crippen molar-refractivity contribution in [3.63, 3.8) is 0 Å². The quantitative estimate of drug-likeness (QED) is 0.900. The van der Waals surface area contributed by atoms with Gasteiger partial charge in [0.05, 0.1) is 10.0 Å². The lowest BCUT2D eigenvalue weighted by Gasteiger charge is -2.08. The Morgan fingerprint density at radius 3 is 2.70 bits per heavy atom. The summed E-state index contributed by atoms with van der Waals surface area (Å²) < 4.78 is 27.3. The van der Waals surface area contributed by atoms with Gasteiger partial charge in [0.2, 0.25) is 0 Å². The summed E-state index contributed by atoms with van der Waals surface area (Å²) >= 11 is 3.02. The van der Waals surface area contributed by atoms with Crippen LogP contribution in [0.2, 0.25) is 0 Å². The molecule has 0 bridgehead atoms. The first-order valence-electron chi connectivity index (χ1n) is 5.96. The Morgan fingerprint density at radius 1 is 1.25 bits per heavy atom. The van der Waals surface area contributed by atoms with Crippen LogP contribution in [0.25, 0.3) is 0 Å². The molecule has 0 fully saturated rings. The van der Waals surface area contributed by atoms with Gasteiger partial charge in [-0.05, 0) is 52.2 Å². The normalized spacial score (nSPS) is 10.4. The van der Waals surface area contributed by atoms with E-state index in [-0.39, 0.29) is 22.4 Å². The van der Waals surface area contributed by atoms with Crippen LogP contribution in [0.15, 0.2) is 40.9 Å². The largest absolute Gasteiger partial charge is 0.348 e. The number of carbonyl (C=O) groups excluding carboxylic acids is 1. The Bertz CT molecular complexity index is 658. The minimum Gasteiger partial charge on any atom is -0.348 e. The van der Waals surface area contributed by atoms with Gasteiger partial charge < -0.3 is 5.32 Å².